The van der Waals surface area contributed by atoms with Crippen LogP contribution in [0.3, 0.4) is 0 Å². The third kappa shape index (κ3) is 3.56. The molecule has 2 heterocycles. The van der Waals surface area contributed by atoms with Gasteiger partial charge >= 0.3 is 0 Å². The molecule has 152 valence electrons. The molecular formula is C25H26N4O. The first-order valence-corrected chi connectivity index (χ1v) is 10.8. The molecule has 1 aliphatic carbocycles. The van der Waals surface area contributed by atoms with Gasteiger partial charge in [-0.1, -0.05) is 42.5 Å². The SMILES string of the molecule is C[C@H]1CCN1c1nc2c(c(-c3ccc(CNC(=O)c4ccccc4)cc3)n1)CCC2. The molecule has 2 aromatic carbocycles. The largest absolute Gasteiger partial charge is 0.348 e. The molecule has 0 saturated carbocycles. The van der Waals surface area contributed by atoms with E-state index in [1.54, 1.807) is 0 Å². The van der Waals surface area contributed by atoms with Gasteiger partial charge in [-0.25, -0.2) is 9.97 Å². The molecule has 0 spiro atoms. The minimum absolute atomic E-state index is 0.0541. The lowest BCUT2D eigenvalue weighted by atomic mass is 10.0. The standard InChI is InChI=1S/C25H26N4O/c1-17-14-15-29(17)25-27-22-9-5-8-21(22)23(28-25)19-12-10-18(11-13-19)16-26-24(30)20-6-3-2-4-7-20/h2-4,6-7,10-13,17H,5,8-9,14-16H2,1H3,(H,26,30)/t17-/m0/s1. The second-order valence-electron chi connectivity index (χ2n) is 8.23. The number of hydrogen-bond acceptors (Lipinski definition) is 4. The van der Waals surface area contributed by atoms with Gasteiger partial charge in [-0.15, -0.1) is 0 Å². The Kier molecular flexibility index (Phi) is 4.95. The molecule has 1 fully saturated rings. The van der Waals surface area contributed by atoms with Gasteiger partial charge in [-0.3, -0.25) is 4.79 Å². The van der Waals surface area contributed by atoms with Crippen LogP contribution in [0.2, 0.25) is 0 Å². The third-order valence-electron chi connectivity index (χ3n) is 6.21. The van der Waals surface area contributed by atoms with Crippen LogP contribution in [0, 0.1) is 0 Å². The van der Waals surface area contributed by atoms with Crippen LogP contribution in [-0.2, 0) is 19.4 Å². The lowest BCUT2D eigenvalue weighted by Gasteiger charge is -2.39. The van der Waals surface area contributed by atoms with Gasteiger partial charge in [-0.2, -0.15) is 0 Å². The third-order valence-corrected chi connectivity index (χ3v) is 6.21. The molecule has 5 nitrogen and oxygen atoms in total. The molecular weight excluding hydrogens is 372 g/mol. The van der Waals surface area contributed by atoms with E-state index in [2.05, 4.69) is 41.4 Å². The molecule has 0 unspecified atom stereocenters. The van der Waals surface area contributed by atoms with E-state index in [1.165, 1.54) is 17.7 Å². The highest BCUT2D eigenvalue weighted by atomic mass is 16.1. The first-order valence-electron chi connectivity index (χ1n) is 10.8. The van der Waals surface area contributed by atoms with E-state index in [4.69, 9.17) is 9.97 Å². The summed E-state index contributed by atoms with van der Waals surface area (Å²) < 4.78 is 0. The van der Waals surface area contributed by atoms with Crippen LogP contribution in [0.1, 0.15) is 46.9 Å². The van der Waals surface area contributed by atoms with Crippen LogP contribution in [0.5, 0.6) is 0 Å². The lowest BCUT2D eigenvalue weighted by Crippen LogP contribution is -2.46. The molecule has 1 N–H and O–H groups in total. The fourth-order valence-corrected chi connectivity index (χ4v) is 4.25. The van der Waals surface area contributed by atoms with Crippen LogP contribution in [0.4, 0.5) is 5.95 Å². The van der Waals surface area contributed by atoms with E-state index < -0.39 is 0 Å². The fourth-order valence-electron chi connectivity index (χ4n) is 4.25. The van der Waals surface area contributed by atoms with Crippen molar-refractivity contribution in [2.45, 2.75) is 45.2 Å². The minimum atomic E-state index is -0.0541. The summed E-state index contributed by atoms with van der Waals surface area (Å²) in [5, 5.41) is 2.99. The molecule has 0 radical (unpaired) electrons. The predicted octanol–water partition coefficient (Wildman–Crippen LogP) is 4.16. The Morgan fingerprint density at radius 2 is 1.87 bits per heavy atom. The maximum Gasteiger partial charge on any atom is 0.251 e. The molecule has 1 atom stereocenters. The van der Waals surface area contributed by atoms with Crippen molar-refractivity contribution in [2.75, 3.05) is 11.4 Å². The highest BCUT2D eigenvalue weighted by molar-refractivity contribution is 5.94. The van der Waals surface area contributed by atoms with Gasteiger partial charge in [0, 0.05) is 41.5 Å². The summed E-state index contributed by atoms with van der Waals surface area (Å²) in [4.78, 5) is 24.4. The number of rotatable bonds is 5. The van der Waals surface area contributed by atoms with Gasteiger partial charge in [0.15, 0.2) is 0 Å². The van der Waals surface area contributed by atoms with E-state index >= 15 is 0 Å². The molecule has 1 amide bonds. The van der Waals surface area contributed by atoms with E-state index in [-0.39, 0.29) is 5.91 Å². The van der Waals surface area contributed by atoms with Crippen molar-refractivity contribution in [2.24, 2.45) is 0 Å². The zero-order valence-electron chi connectivity index (χ0n) is 17.3. The van der Waals surface area contributed by atoms with Crippen LogP contribution < -0.4 is 10.2 Å². The Balaban J connectivity index is 1.35. The number of carbonyl (C=O) groups is 1. The second-order valence-corrected chi connectivity index (χ2v) is 8.23. The summed E-state index contributed by atoms with van der Waals surface area (Å²) in [6, 6.07) is 18.2. The number of hydrogen-bond donors (Lipinski definition) is 1. The average Bonchev–Trinajstić information content (AvgIpc) is 3.25. The molecule has 0 bridgehead atoms. The van der Waals surface area contributed by atoms with Gasteiger partial charge in [0.2, 0.25) is 5.95 Å². The monoisotopic (exact) mass is 398 g/mol. The maximum absolute atomic E-state index is 12.3. The fraction of sp³-hybridized carbons (Fsp3) is 0.320. The number of anilines is 1. The quantitative estimate of drug-likeness (QED) is 0.701. The van der Waals surface area contributed by atoms with Gasteiger partial charge in [-0.05, 0) is 50.3 Å². The average molecular weight is 399 g/mol. The van der Waals surface area contributed by atoms with Crippen molar-refractivity contribution in [1.82, 2.24) is 15.3 Å². The van der Waals surface area contributed by atoms with Crippen molar-refractivity contribution in [3.05, 3.63) is 77.0 Å². The van der Waals surface area contributed by atoms with Gasteiger partial charge < -0.3 is 10.2 Å². The first kappa shape index (κ1) is 18.8. The number of fused-ring (bicyclic) bond motifs is 1. The normalized spacial score (nSPS) is 17.4. The smallest absolute Gasteiger partial charge is 0.251 e. The van der Waals surface area contributed by atoms with Crippen LogP contribution in [0.25, 0.3) is 11.3 Å². The van der Waals surface area contributed by atoms with Crippen molar-refractivity contribution in [3.63, 3.8) is 0 Å². The first-order chi connectivity index (χ1) is 14.7. The number of nitrogens with zero attached hydrogens (tertiary/aromatic N) is 3. The van der Waals surface area contributed by atoms with E-state index in [0.29, 0.717) is 18.2 Å². The number of nitrogens with one attached hydrogen (secondary N) is 1. The number of carbonyl (C=O) groups excluding carboxylic acids is 1. The van der Waals surface area contributed by atoms with E-state index in [0.717, 1.165) is 48.6 Å². The summed E-state index contributed by atoms with van der Waals surface area (Å²) in [5.74, 6) is 0.824. The highest BCUT2D eigenvalue weighted by Gasteiger charge is 2.29. The van der Waals surface area contributed by atoms with Crippen molar-refractivity contribution in [3.8, 4) is 11.3 Å². The molecule has 1 aliphatic heterocycles. The lowest BCUT2D eigenvalue weighted by molar-refractivity contribution is 0.0951. The summed E-state index contributed by atoms with van der Waals surface area (Å²) >= 11 is 0. The second kappa shape index (κ2) is 7.90. The Morgan fingerprint density at radius 3 is 2.57 bits per heavy atom. The molecule has 1 saturated heterocycles. The van der Waals surface area contributed by atoms with Gasteiger partial charge in [0.25, 0.3) is 5.91 Å². The molecule has 5 rings (SSSR count). The number of aryl methyl sites for hydroxylation is 1. The van der Waals surface area contributed by atoms with E-state index in [9.17, 15) is 4.79 Å². The number of aromatic nitrogens is 2. The molecule has 30 heavy (non-hydrogen) atoms. The summed E-state index contributed by atoms with van der Waals surface area (Å²) in [6.45, 7) is 3.78. The summed E-state index contributed by atoms with van der Waals surface area (Å²) in [7, 11) is 0. The zero-order chi connectivity index (χ0) is 20.5. The van der Waals surface area contributed by atoms with Crippen LogP contribution in [-0.4, -0.2) is 28.5 Å². The molecule has 3 aromatic rings. The Labute approximate surface area is 177 Å². The minimum Gasteiger partial charge on any atom is -0.348 e. The van der Waals surface area contributed by atoms with Crippen LogP contribution >= 0.6 is 0 Å². The predicted molar refractivity (Wildman–Crippen MR) is 119 cm³/mol. The van der Waals surface area contributed by atoms with Gasteiger partial charge in [0.05, 0.1) is 5.69 Å². The molecule has 2 aliphatic rings. The van der Waals surface area contributed by atoms with Crippen molar-refractivity contribution in [1.29, 1.82) is 0 Å². The number of benzene rings is 2. The summed E-state index contributed by atoms with van der Waals surface area (Å²) in [6.07, 6.45) is 4.46. The van der Waals surface area contributed by atoms with Crippen molar-refractivity contribution < 1.29 is 4.79 Å². The Bertz CT molecular complexity index is 1060. The van der Waals surface area contributed by atoms with Crippen LogP contribution in [0.15, 0.2) is 54.6 Å². The van der Waals surface area contributed by atoms with E-state index in [1.807, 2.05) is 30.3 Å². The number of amides is 1. The molecule has 1 aromatic heterocycles. The highest BCUT2D eigenvalue weighted by Crippen LogP contribution is 2.34. The zero-order valence-corrected chi connectivity index (χ0v) is 17.3. The Hall–Kier alpha value is -3.21. The van der Waals surface area contributed by atoms with Crippen molar-refractivity contribution >= 4 is 11.9 Å². The topological polar surface area (TPSA) is 58.1 Å². The summed E-state index contributed by atoms with van der Waals surface area (Å²) in [5.41, 5.74) is 6.48. The maximum atomic E-state index is 12.3. The molecule has 5 heteroatoms. The Morgan fingerprint density at radius 1 is 1.07 bits per heavy atom. The van der Waals surface area contributed by atoms with Gasteiger partial charge in [0.1, 0.15) is 0 Å².